The molecule has 106 valence electrons. The van der Waals surface area contributed by atoms with Crippen LogP contribution in [-0.4, -0.2) is 9.78 Å². The molecule has 0 amide bonds. The van der Waals surface area contributed by atoms with Gasteiger partial charge in [-0.1, -0.05) is 12.1 Å². The SMILES string of the molecule is Fc1cc(F)cc(NCc2ccc(-n3cccn3)cc2)c1. The largest absolute Gasteiger partial charge is 0.381 e. The Labute approximate surface area is 120 Å². The summed E-state index contributed by atoms with van der Waals surface area (Å²) in [6.07, 6.45) is 3.58. The molecule has 0 aliphatic heterocycles. The average Bonchev–Trinajstić information content (AvgIpc) is 2.99. The third kappa shape index (κ3) is 3.25. The summed E-state index contributed by atoms with van der Waals surface area (Å²) in [5, 5.41) is 7.14. The van der Waals surface area contributed by atoms with Crippen LogP contribution >= 0.6 is 0 Å². The van der Waals surface area contributed by atoms with Crippen LogP contribution in [0.15, 0.2) is 60.9 Å². The average molecular weight is 285 g/mol. The molecule has 1 aromatic heterocycles. The number of halogens is 2. The van der Waals surface area contributed by atoms with Crippen LogP contribution in [-0.2, 0) is 6.54 Å². The first kappa shape index (κ1) is 13.3. The van der Waals surface area contributed by atoms with Crippen molar-refractivity contribution in [1.82, 2.24) is 9.78 Å². The molecule has 3 rings (SSSR count). The zero-order chi connectivity index (χ0) is 14.7. The number of nitrogens with one attached hydrogen (secondary N) is 1. The Morgan fingerprint density at radius 1 is 1.00 bits per heavy atom. The number of hydrogen-bond acceptors (Lipinski definition) is 2. The topological polar surface area (TPSA) is 29.9 Å². The second-order valence-electron chi connectivity index (χ2n) is 4.63. The first-order chi connectivity index (χ1) is 10.2. The van der Waals surface area contributed by atoms with Gasteiger partial charge < -0.3 is 5.32 Å². The third-order valence-electron chi connectivity index (χ3n) is 3.06. The lowest BCUT2D eigenvalue weighted by atomic mass is 10.2. The number of benzene rings is 2. The van der Waals surface area contributed by atoms with E-state index < -0.39 is 11.6 Å². The standard InChI is InChI=1S/C16H13F2N3/c17-13-8-14(18)10-15(9-13)19-11-12-2-4-16(5-3-12)21-7-1-6-20-21/h1-10,19H,11H2. The van der Waals surface area contributed by atoms with E-state index in [-0.39, 0.29) is 0 Å². The molecule has 0 aliphatic carbocycles. The Kier molecular flexibility index (Phi) is 3.64. The summed E-state index contributed by atoms with van der Waals surface area (Å²) in [6.45, 7) is 0.488. The Hall–Kier alpha value is -2.69. The van der Waals surface area contributed by atoms with Crippen LogP contribution in [0.2, 0.25) is 0 Å². The molecule has 0 fully saturated rings. The molecule has 5 heteroatoms. The zero-order valence-electron chi connectivity index (χ0n) is 11.1. The van der Waals surface area contributed by atoms with Gasteiger partial charge in [-0.3, -0.25) is 0 Å². The van der Waals surface area contributed by atoms with Crippen LogP contribution in [0.25, 0.3) is 5.69 Å². The maximum atomic E-state index is 13.1. The zero-order valence-corrected chi connectivity index (χ0v) is 11.1. The van der Waals surface area contributed by atoms with Gasteiger partial charge in [0, 0.05) is 30.7 Å². The highest BCUT2D eigenvalue weighted by Gasteiger charge is 2.01. The van der Waals surface area contributed by atoms with E-state index in [2.05, 4.69) is 10.4 Å². The number of hydrogen-bond donors (Lipinski definition) is 1. The molecule has 0 unspecified atom stereocenters. The third-order valence-corrected chi connectivity index (χ3v) is 3.06. The molecule has 0 radical (unpaired) electrons. The molecule has 3 nitrogen and oxygen atoms in total. The van der Waals surface area contributed by atoms with Gasteiger partial charge in [0.05, 0.1) is 5.69 Å². The maximum Gasteiger partial charge on any atom is 0.128 e. The molecule has 1 heterocycles. The van der Waals surface area contributed by atoms with Crippen molar-refractivity contribution in [1.29, 1.82) is 0 Å². The quantitative estimate of drug-likeness (QED) is 0.791. The summed E-state index contributed by atoms with van der Waals surface area (Å²) >= 11 is 0. The predicted octanol–water partition coefficient (Wildman–Crippen LogP) is 3.76. The van der Waals surface area contributed by atoms with E-state index in [0.29, 0.717) is 12.2 Å². The van der Waals surface area contributed by atoms with E-state index in [1.54, 1.807) is 10.9 Å². The molecule has 21 heavy (non-hydrogen) atoms. The molecular weight excluding hydrogens is 272 g/mol. The Morgan fingerprint density at radius 3 is 2.33 bits per heavy atom. The number of rotatable bonds is 4. The molecule has 0 spiro atoms. The van der Waals surface area contributed by atoms with Crippen LogP contribution in [0.5, 0.6) is 0 Å². The Balaban J connectivity index is 1.68. The lowest BCUT2D eigenvalue weighted by Crippen LogP contribution is -2.01. The minimum atomic E-state index is -0.591. The van der Waals surface area contributed by atoms with Crippen LogP contribution in [0.4, 0.5) is 14.5 Å². The first-order valence-corrected chi connectivity index (χ1v) is 6.50. The van der Waals surface area contributed by atoms with Crippen molar-refractivity contribution in [3.05, 3.63) is 78.1 Å². The van der Waals surface area contributed by atoms with Gasteiger partial charge in [-0.15, -0.1) is 0 Å². The monoisotopic (exact) mass is 285 g/mol. The summed E-state index contributed by atoms with van der Waals surface area (Å²) in [6, 6.07) is 13.0. The van der Waals surface area contributed by atoms with Gasteiger partial charge in [-0.2, -0.15) is 5.10 Å². The molecule has 0 bridgehead atoms. The highest BCUT2D eigenvalue weighted by molar-refractivity contribution is 5.45. The van der Waals surface area contributed by atoms with Gasteiger partial charge in [0.1, 0.15) is 11.6 Å². The summed E-state index contributed by atoms with van der Waals surface area (Å²) in [5.41, 5.74) is 2.39. The van der Waals surface area contributed by atoms with Crippen molar-refractivity contribution in [2.75, 3.05) is 5.32 Å². The Bertz CT molecular complexity index is 702. The van der Waals surface area contributed by atoms with Gasteiger partial charge in [-0.25, -0.2) is 13.5 Å². The highest BCUT2D eigenvalue weighted by atomic mass is 19.1. The predicted molar refractivity (Wildman–Crippen MR) is 77.2 cm³/mol. The van der Waals surface area contributed by atoms with Gasteiger partial charge in [0.15, 0.2) is 0 Å². The molecule has 0 atom stereocenters. The fraction of sp³-hybridized carbons (Fsp3) is 0.0625. The van der Waals surface area contributed by atoms with E-state index in [0.717, 1.165) is 17.3 Å². The van der Waals surface area contributed by atoms with E-state index >= 15 is 0 Å². The normalized spacial score (nSPS) is 10.6. The van der Waals surface area contributed by atoms with Gasteiger partial charge in [0.25, 0.3) is 0 Å². The molecule has 3 aromatic rings. The van der Waals surface area contributed by atoms with Gasteiger partial charge in [0.2, 0.25) is 0 Å². The number of anilines is 1. The maximum absolute atomic E-state index is 13.1. The van der Waals surface area contributed by atoms with E-state index in [9.17, 15) is 8.78 Å². The lowest BCUT2D eigenvalue weighted by molar-refractivity contribution is 0.584. The van der Waals surface area contributed by atoms with Crippen molar-refractivity contribution in [2.45, 2.75) is 6.54 Å². The van der Waals surface area contributed by atoms with Crippen molar-refractivity contribution in [3.63, 3.8) is 0 Å². The van der Waals surface area contributed by atoms with Crippen LogP contribution in [0.3, 0.4) is 0 Å². The minimum absolute atomic E-state index is 0.420. The summed E-state index contributed by atoms with van der Waals surface area (Å²) in [5.74, 6) is -1.18. The molecule has 2 aromatic carbocycles. The molecular formula is C16H13F2N3. The minimum Gasteiger partial charge on any atom is -0.381 e. The second kappa shape index (κ2) is 5.75. The van der Waals surface area contributed by atoms with Crippen LogP contribution in [0.1, 0.15) is 5.56 Å². The fourth-order valence-corrected chi connectivity index (χ4v) is 2.05. The molecule has 0 aliphatic rings. The second-order valence-corrected chi connectivity index (χ2v) is 4.63. The van der Waals surface area contributed by atoms with Crippen molar-refractivity contribution >= 4 is 5.69 Å². The lowest BCUT2D eigenvalue weighted by Gasteiger charge is -2.08. The van der Waals surface area contributed by atoms with Gasteiger partial charge in [-0.05, 0) is 35.9 Å². The van der Waals surface area contributed by atoms with Crippen LogP contribution < -0.4 is 5.32 Å². The Morgan fingerprint density at radius 2 is 1.71 bits per heavy atom. The van der Waals surface area contributed by atoms with Crippen LogP contribution in [0, 0.1) is 11.6 Å². The summed E-state index contributed by atoms with van der Waals surface area (Å²) < 4.78 is 27.9. The van der Waals surface area contributed by atoms with E-state index in [4.69, 9.17) is 0 Å². The van der Waals surface area contributed by atoms with Crippen molar-refractivity contribution in [2.24, 2.45) is 0 Å². The van der Waals surface area contributed by atoms with E-state index in [1.807, 2.05) is 36.5 Å². The molecule has 0 saturated heterocycles. The van der Waals surface area contributed by atoms with Crippen molar-refractivity contribution in [3.8, 4) is 5.69 Å². The smallest absolute Gasteiger partial charge is 0.128 e. The van der Waals surface area contributed by atoms with Crippen molar-refractivity contribution < 1.29 is 8.78 Å². The van der Waals surface area contributed by atoms with Gasteiger partial charge >= 0.3 is 0 Å². The first-order valence-electron chi connectivity index (χ1n) is 6.50. The number of nitrogens with zero attached hydrogens (tertiary/aromatic N) is 2. The van der Waals surface area contributed by atoms with E-state index in [1.165, 1.54) is 12.1 Å². The summed E-state index contributed by atoms with van der Waals surface area (Å²) in [4.78, 5) is 0. The fourth-order valence-electron chi connectivity index (χ4n) is 2.05. The summed E-state index contributed by atoms with van der Waals surface area (Å²) in [7, 11) is 0. The molecule has 0 saturated carbocycles. The highest BCUT2D eigenvalue weighted by Crippen LogP contribution is 2.15. The molecule has 1 N–H and O–H groups in total. The number of aromatic nitrogens is 2.